The van der Waals surface area contributed by atoms with Crippen molar-refractivity contribution < 1.29 is 14.3 Å². The lowest BCUT2D eigenvalue weighted by atomic mass is 10.0. The molecule has 0 radical (unpaired) electrons. The monoisotopic (exact) mass is 482 g/mol. The van der Waals surface area contributed by atoms with E-state index in [9.17, 15) is 9.59 Å². The van der Waals surface area contributed by atoms with Gasteiger partial charge in [-0.25, -0.2) is 4.79 Å². The Labute approximate surface area is 199 Å². The second-order valence-corrected chi connectivity index (χ2v) is 8.76. The zero-order valence-electron chi connectivity index (χ0n) is 18.5. The molecule has 1 aliphatic carbocycles. The summed E-state index contributed by atoms with van der Waals surface area (Å²) in [6, 6.07) is 7.53. The minimum atomic E-state index is -0.225. The van der Waals surface area contributed by atoms with Crippen molar-refractivity contribution in [2.75, 3.05) is 6.61 Å². The van der Waals surface area contributed by atoms with E-state index in [1.165, 1.54) is 58.6 Å². The molecule has 0 fully saturated rings. The number of allylic oxidation sites excluding steroid dienone is 3. The van der Waals surface area contributed by atoms with Crippen LogP contribution in [0, 0.1) is 0 Å². The molecule has 0 aliphatic heterocycles. The van der Waals surface area contributed by atoms with Gasteiger partial charge >= 0.3 is 5.97 Å². The molecule has 0 aromatic carbocycles. The van der Waals surface area contributed by atoms with Crippen LogP contribution in [0.1, 0.15) is 61.0 Å². The van der Waals surface area contributed by atoms with Crippen LogP contribution in [0.5, 0.6) is 0 Å². The summed E-state index contributed by atoms with van der Waals surface area (Å²) in [5.41, 5.74) is 6.35. The molecule has 1 amide bonds. The second-order valence-electron chi connectivity index (χ2n) is 6.24. The van der Waals surface area contributed by atoms with Crippen LogP contribution in [0.25, 0.3) is 0 Å². The van der Waals surface area contributed by atoms with Crippen molar-refractivity contribution in [1.29, 1.82) is 0 Å². The Morgan fingerprint density at radius 3 is 2.29 bits per heavy atom. The molecule has 0 bridgehead atoms. The average Bonchev–Trinajstić information content (AvgIpc) is 3.50. The molecule has 2 heterocycles. The van der Waals surface area contributed by atoms with Gasteiger partial charge in [-0.1, -0.05) is 23.8 Å². The van der Waals surface area contributed by atoms with E-state index in [0.29, 0.717) is 24.4 Å². The lowest BCUT2D eigenvalue weighted by Crippen LogP contribution is -2.07. The van der Waals surface area contributed by atoms with Crippen LogP contribution < -0.4 is 11.1 Å². The number of rotatable bonds is 5. The van der Waals surface area contributed by atoms with Crippen molar-refractivity contribution in [2.45, 2.75) is 53.0 Å². The molecule has 3 N–H and O–H groups in total. The number of esters is 1. The maximum atomic E-state index is 10.9. The first-order valence-electron chi connectivity index (χ1n) is 10.1. The summed E-state index contributed by atoms with van der Waals surface area (Å²) in [7, 11) is 0. The Morgan fingerprint density at radius 2 is 1.87 bits per heavy atom. The van der Waals surface area contributed by atoms with Crippen molar-refractivity contribution >= 4 is 47.7 Å². The van der Waals surface area contributed by atoms with E-state index in [-0.39, 0.29) is 5.97 Å². The number of carbonyl (C=O) groups excluding carboxylic acids is 2. The van der Waals surface area contributed by atoms with Gasteiger partial charge in [0.2, 0.25) is 6.41 Å². The highest BCUT2D eigenvalue weighted by molar-refractivity contribution is 7.84. The van der Waals surface area contributed by atoms with Crippen LogP contribution in [0.2, 0.25) is 0 Å². The summed E-state index contributed by atoms with van der Waals surface area (Å²) < 4.78 is 4.76. The maximum absolute atomic E-state index is 10.9. The normalized spacial score (nSPS) is 12.4. The van der Waals surface area contributed by atoms with Gasteiger partial charge < -0.3 is 15.8 Å². The molecule has 1 aliphatic rings. The zero-order chi connectivity index (χ0) is 23.3. The first-order valence-corrected chi connectivity index (χ1v) is 12.3. The van der Waals surface area contributed by atoms with E-state index in [2.05, 4.69) is 24.9 Å². The number of nitrogens with one attached hydrogen (secondary N) is 1. The smallest absolute Gasteiger partial charge is 0.348 e. The van der Waals surface area contributed by atoms with Gasteiger partial charge in [0, 0.05) is 4.88 Å². The van der Waals surface area contributed by atoms with E-state index in [1.807, 2.05) is 35.9 Å². The van der Waals surface area contributed by atoms with Crippen molar-refractivity contribution in [2.24, 2.45) is 5.73 Å². The van der Waals surface area contributed by atoms with Gasteiger partial charge in [-0.3, -0.25) is 4.79 Å². The summed E-state index contributed by atoms with van der Waals surface area (Å²) in [6.07, 6.45) is 9.19. The van der Waals surface area contributed by atoms with Crippen LogP contribution in [0.3, 0.4) is 0 Å². The number of thiophene rings is 2. The van der Waals surface area contributed by atoms with Gasteiger partial charge in [-0.2, -0.15) is 0 Å². The van der Waals surface area contributed by atoms with Crippen LogP contribution in [0.4, 0.5) is 0 Å². The fraction of sp³-hybridized carbons (Fsp3) is 0.391. The molecule has 5 nitrogen and oxygen atoms in total. The predicted molar refractivity (Wildman–Crippen MR) is 137 cm³/mol. The lowest BCUT2D eigenvalue weighted by molar-refractivity contribution is -0.109. The van der Waals surface area contributed by atoms with E-state index >= 15 is 0 Å². The van der Waals surface area contributed by atoms with E-state index in [0.717, 1.165) is 0 Å². The molecular formula is C23H34N2O3S3. The van der Waals surface area contributed by atoms with Gasteiger partial charge in [-0.05, 0) is 80.5 Å². The van der Waals surface area contributed by atoms with Crippen molar-refractivity contribution in [3.05, 3.63) is 67.5 Å². The average molecular weight is 483 g/mol. The zero-order valence-corrected chi connectivity index (χ0v) is 21.0. The van der Waals surface area contributed by atoms with Crippen LogP contribution in [-0.4, -0.2) is 19.0 Å². The number of hydrogen-bond donors (Lipinski definition) is 3. The topological polar surface area (TPSA) is 81.4 Å². The number of amides is 1. The van der Waals surface area contributed by atoms with E-state index < -0.39 is 0 Å². The third-order valence-electron chi connectivity index (χ3n) is 3.84. The number of nitrogens with two attached hydrogens (primary N) is 1. The second kappa shape index (κ2) is 19.9. The molecule has 3 rings (SSSR count). The molecule has 2 aromatic heterocycles. The molecule has 2 aromatic rings. The standard InChI is InChI=1S/C7H8O2S.C7H12S.C6H7NOS.C3H7N/c1-2-9-7(8)6-4-3-5-10-6;1-6-4-2-3-5-7(6)8;8-5-7-4-6-2-1-3-9-6;1-2-3-4/h3-5H,2H2,1H3;8H,2-5H2,1H3;1-3,5H,4H2,(H,7,8);2-3H,4H2,1H3/b;;;3-2-. The van der Waals surface area contributed by atoms with Crippen LogP contribution in [-0.2, 0) is 16.1 Å². The maximum Gasteiger partial charge on any atom is 0.348 e. The van der Waals surface area contributed by atoms with Crippen molar-refractivity contribution in [3.8, 4) is 0 Å². The van der Waals surface area contributed by atoms with Gasteiger partial charge in [0.1, 0.15) is 4.88 Å². The molecule has 31 heavy (non-hydrogen) atoms. The third-order valence-corrected chi connectivity index (χ3v) is 6.17. The molecule has 0 atom stereocenters. The summed E-state index contributed by atoms with van der Waals surface area (Å²) in [4.78, 5) is 23.9. The Hall–Kier alpha value is -2.03. The van der Waals surface area contributed by atoms with Crippen LogP contribution >= 0.6 is 35.3 Å². The van der Waals surface area contributed by atoms with E-state index in [4.69, 9.17) is 10.5 Å². The molecule has 0 unspecified atom stereocenters. The largest absolute Gasteiger partial charge is 0.462 e. The summed E-state index contributed by atoms with van der Waals surface area (Å²) >= 11 is 7.37. The Balaban J connectivity index is 0.000000403. The highest BCUT2D eigenvalue weighted by atomic mass is 32.1. The molecule has 172 valence electrons. The highest BCUT2D eigenvalue weighted by Crippen LogP contribution is 2.25. The van der Waals surface area contributed by atoms with Crippen molar-refractivity contribution in [1.82, 2.24) is 5.32 Å². The van der Waals surface area contributed by atoms with Crippen molar-refractivity contribution in [3.63, 3.8) is 0 Å². The molecule has 8 heteroatoms. The van der Waals surface area contributed by atoms with Gasteiger partial charge in [0.15, 0.2) is 0 Å². The summed E-state index contributed by atoms with van der Waals surface area (Å²) in [6.45, 7) is 6.95. The number of hydrogen-bond acceptors (Lipinski definition) is 7. The first-order chi connectivity index (χ1) is 15.0. The molecule has 0 saturated carbocycles. The quantitative estimate of drug-likeness (QED) is 0.271. The minimum Gasteiger partial charge on any atom is -0.462 e. The summed E-state index contributed by atoms with van der Waals surface area (Å²) in [5, 5.41) is 6.42. The Kier molecular flexibility index (Phi) is 18.6. The Morgan fingerprint density at radius 1 is 1.23 bits per heavy atom. The summed E-state index contributed by atoms with van der Waals surface area (Å²) in [5.74, 6) is -0.225. The molecular weight excluding hydrogens is 448 g/mol. The number of thiol groups is 1. The highest BCUT2D eigenvalue weighted by Gasteiger charge is 2.05. The number of carbonyl (C=O) groups is 2. The minimum absolute atomic E-state index is 0.225. The SMILES string of the molecule is C/C=C\N.CC1=C(S)CCCC1.CCOC(=O)c1cccs1.O=CNCc1cccs1. The van der Waals surface area contributed by atoms with Gasteiger partial charge in [0.05, 0.1) is 13.2 Å². The molecule has 0 saturated heterocycles. The fourth-order valence-electron chi connectivity index (χ4n) is 2.19. The van der Waals surface area contributed by atoms with Gasteiger partial charge in [0.25, 0.3) is 0 Å². The first kappa shape index (κ1) is 29.0. The van der Waals surface area contributed by atoms with E-state index in [1.54, 1.807) is 30.4 Å². The third kappa shape index (κ3) is 15.4. The van der Waals surface area contributed by atoms with Crippen LogP contribution in [0.15, 0.2) is 57.8 Å². The fourth-order valence-corrected chi connectivity index (χ4v) is 3.73. The number of ether oxygens (including phenoxy) is 1. The lowest BCUT2D eigenvalue weighted by Gasteiger charge is -2.11. The predicted octanol–water partition coefficient (Wildman–Crippen LogP) is 6.16. The molecule has 0 spiro atoms. The van der Waals surface area contributed by atoms with Gasteiger partial charge in [-0.15, -0.1) is 35.3 Å². The Bertz CT molecular complexity index is 737.